The molecule has 2 aliphatic rings. The molecule has 1 fully saturated rings. The second kappa shape index (κ2) is 8.29. The lowest BCUT2D eigenvalue weighted by Gasteiger charge is -2.39. The number of hydrogen-bond acceptors (Lipinski definition) is 2. The van der Waals surface area contributed by atoms with Gasteiger partial charge in [0.05, 0.1) is 6.04 Å². The van der Waals surface area contributed by atoms with E-state index in [-0.39, 0.29) is 5.91 Å². The van der Waals surface area contributed by atoms with Crippen molar-refractivity contribution in [3.8, 4) is 0 Å². The molecular weight excluding hydrogens is 296 g/mol. The highest BCUT2D eigenvalue weighted by atomic mass is 16.2. The molecule has 3 nitrogen and oxygen atoms in total. The molecule has 3 heteroatoms. The molecular formula is C21H28N2O. The average Bonchev–Trinajstić information content (AvgIpc) is 2.63. The van der Waals surface area contributed by atoms with Crippen molar-refractivity contribution in [2.24, 2.45) is 0 Å². The summed E-state index contributed by atoms with van der Waals surface area (Å²) in [6.07, 6.45) is 11.4. The Labute approximate surface area is 145 Å². The minimum Gasteiger partial charge on any atom is -0.336 e. The summed E-state index contributed by atoms with van der Waals surface area (Å²) < 4.78 is 0. The fraction of sp³-hybridized carbons (Fsp3) is 0.476. The van der Waals surface area contributed by atoms with Gasteiger partial charge in [0.15, 0.2) is 0 Å². The monoisotopic (exact) mass is 324 g/mol. The van der Waals surface area contributed by atoms with Gasteiger partial charge in [-0.15, -0.1) is 0 Å². The van der Waals surface area contributed by atoms with E-state index in [2.05, 4.69) is 52.3 Å². The molecule has 0 aliphatic carbocycles. The highest BCUT2D eigenvalue weighted by Gasteiger charge is 2.29. The van der Waals surface area contributed by atoms with Gasteiger partial charge in [0.25, 0.3) is 0 Å². The summed E-state index contributed by atoms with van der Waals surface area (Å²) in [5, 5.41) is 0. The van der Waals surface area contributed by atoms with Crippen molar-refractivity contribution in [2.45, 2.75) is 38.6 Å². The molecule has 2 aliphatic heterocycles. The number of amides is 1. The van der Waals surface area contributed by atoms with Gasteiger partial charge in [-0.05, 0) is 36.8 Å². The Morgan fingerprint density at radius 3 is 2.83 bits per heavy atom. The summed E-state index contributed by atoms with van der Waals surface area (Å²) in [6.45, 7) is 5.70. The summed E-state index contributed by atoms with van der Waals surface area (Å²) in [5.41, 5.74) is 2.70. The van der Waals surface area contributed by atoms with Gasteiger partial charge >= 0.3 is 0 Å². The van der Waals surface area contributed by atoms with Crippen molar-refractivity contribution in [1.82, 2.24) is 9.80 Å². The Hall–Kier alpha value is -1.87. The standard InChI is InChI=1S/C21H28N2O/c1-18(24)23-16-6-5-13-21(23)20-12-8-15-22(17-20)14-7-11-19-9-3-2-4-10-19/h2-4,7,9-12,21H,5-6,8,13-17H2,1H3/b11-7+/t21-/m1/s1. The van der Waals surface area contributed by atoms with Crippen molar-refractivity contribution in [1.29, 1.82) is 0 Å². The van der Waals surface area contributed by atoms with Gasteiger partial charge in [-0.1, -0.05) is 48.6 Å². The summed E-state index contributed by atoms with van der Waals surface area (Å²) in [4.78, 5) is 16.5. The second-order valence-corrected chi connectivity index (χ2v) is 6.84. The maximum atomic E-state index is 11.9. The number of piperidine rings is 1. The van der Waals surface area contributed by atoms with Crippen LogP contribution in [0.25, 0.3) is 6.08 Å². The van der Waals surface area contributed by atoms with Gasteiger partial charge in [-0.2, -0.15) is 0 Å². The number of carbonyl (C=O) groups excluding carboxylic acids is 1. The molecule has 2 heterocycles. The van der Waals surface area contributed by atoms with E-state index in [1.54, 1.807) is 6.92 Å². The van der Waals surface area contributed by atoms with Crippen LogP contribution in [0.4, 0.5) is 0 Å². The molecule has 1 aromatic rings. The average molecular weight is 324 g/mol. The lowest BCUT2D eigenvalue weighted by Crippen LogP contribution is -2.46. The van der Waals surface area contributed by atoms with Gasteiger partial charge < -0.3 is 4.90 Å². The van der Waals surface area contributed by atoms with E-state index in [1.165, 1.54) is 17.6 Å². The Morgan fingerprint density at radius 2 is 2.04 bits per heavy atom. The molecule has 0 N–H and O–H groups in total. The third-order valence-electron chi connectivity index (χ3n) is 5.07. The van der Waals surface area contributed by atoms with Crippen LogP contribution in [0.1, 0.15) is 38.2 Å². The maximum absolute atomic E-state index is 11.9. The van der Waals surface area contributed by atoms with Crippen LogP contribution in [0.15, 0.2) is 48.1 Å². The van der Waals surface area contributed by atoms with Crippen molar-refractivity contribution >= 4 is 12.0 Å². The van der Waals surface area contributed by atoms with Gasteiger partial charge in [0, 0.05) is 33.1 Å². The van der Waals surface area contributed by atoms with Crippen LogP contribution in [0.3, 0.4) is 0 Å². The van der Waals surface area contributed by atoms with Crippen LogP contribution >= 0.6 is 0 Å². The first-order valence-electron chi connectivity index (χ1n) is 9.14. The van der Waals surface area contributed by atoms with E-state index in [1.807, 2.05) is 6.07 Å². The summed E-state index contributed by atoms with van der Waals surface area (Å²) in [7, 11) is 0. The summed E-state index contributed by atoms with van der Waals surface area (Å²) in [5.74, 6) is 0.224. The summed E-state index contributed by atoms with van der Waals surface area (Å²) in [6, 6.07) is 10.8. The van der Waals surface area contributed by atoms with E-state index in [0.717, 1.165) is 45.4 Å². The minimum absolute atomic E-state index is 0.224. The molecule has 0 aromatic heterocycles. The molecule has 128 valence electrons. The van der Waals surface area contributed by atoms with E-state index >= 15 is 0 Å². The highest BCUT2D eigenvalue weighted by Crippen LogP contribution is 2.26. The first-order valence-corrected chi connectivity index (χ1v) is 9.14. The van der Waals surface area contributed by atoms with Crippen LogP contribution in [-0.2, 0) is 4.79 Å². The number of benzene rings is 1. The van der Waals surface area contributed by atoms with E-state index < -0.39 is 0 Å². The first-order chi connectivity index (χ1) is 11.7. The van der Waals surface area contributed by atoms with Crippen LogP contribution in [-0.4, -0.2) is 47.9 Å². The molecule has 1 saturated heterocycles. The lowest BCUT2D eigenvalue weighted by molar-refractivity contribution is -0.131. The van der Waals surface area contributed by atoms with E-state index in [4.69, 9.17) is 0 Å². The van der Waals surface area contributed by atoms with E-state index in [0.29, 0.717) is 6.04 Å². The molecule has 0 unspecified atom stereocenters. The number of hydrogen-bond donors (Lipinski definition) is 0. The van der Waals surface area contributed by atoms with Crippen LogP contribution in [0.5, 0.6) is 0 Å². The quantitative estimate of drug-likeness (QED) is 0.788. The van der Waals surface area contributed by atoms with Gasteiger partial charge in [-0.25, -0.2) is 0 Å². The Kier molecular flexibility index (Phi) is 5.86. The van der Waals surface area contributed by atoms with Gasteiger partial charge in [0.1, 0.15) is 0 Å². The molecule has 1 aromatic carbocycles. The van der Waals surface area contributed by atoms with Crippen LogP contribution in [0.2, 0.25) is 0 Å². The summed E-state index contributed by atoms with van der Waals surface area (Å²) >= 11 is 0. The third-order valence-corrected chi connectivity index (χ3v) is 5.07. The molecule has 0 radical (unpaired) electrons. The predicted octanol–water partition coefficient (Wildman–Crippen LogP) is 3.73. The topological polar surface area (TPSA) is 23.6 Å². The minimum atomic E-state index is 0.224. The molecule has 24 heavy (non-hydrogen) atoms. The molecule has 3 rings (SSSR count). The lowest BCUT2D eigenvalue weighted by atomic mass is 9.92. The number of carbonyl (C=O) groups is 1. The van der Waals surface area contributed by atoms with Crippen molar-refractivity contribution in [3.63, 3.8) is 0 Å². The maximum Gasteiger partial charge on any atom is 0.219 e. The molecule has 1 atom stereocenters. The molecule has 1 amide bonds. The zero-order valence-electron chi connectivity index (χ0n) is 14.7. The highest BCUT2D eigenvalue weighted by molar-refractivity contribution is 5.74. The number of rotatable bonds is 4. The smallest absolute Gasteiger partial charge is 0.219 e. The Bertz CT molecular complexity index is 606. The van der Waals surface area contributed by atoms with Gasteiger partial charge in [-0.3, -0.25) is 9.69 Å². The van der Waals surface area contributed by atoms with Gasteiger partial charge in [0.2, 0.25) is 5.91 Å². The molecule has 0 saturated carbocycles. The fourth-order valence-corrected chi connectivity index (χ4v) is 3.83. The number of likely N-dealkylation sites (tertiary alicyclic amines) is 1. The van der Waals surface area contributed by atoms with Crippen LogP contribution < -0.4 is 0 Å². The first kappa shape index (κ1) is 17.0. The van der Waals surface area contributed by atoms with Crippen molar-refractivity contribution in [2.75, 3.05) is 26.2 Å². The van der Waals surface area contributed by atoms with Crippen molar-refractivity contribution < 1.29 is 4.79 Å². The number of nitrogens with zero attached hydrogens (tertiary/aromatic N) is 2. The largest absolute Gasteiger partial charge is 0.336 e. The fourth-order valence-electron chi connectivity index (χ4n) is 3.83. The zero-order valence-corrected chi connectivity index (χ0v) is 14.7. The molecule has 0 spiro atoms. The normalized spacial score (nSPS) is 22.6. The zero-order chi connectivity index (χ0) is 16.8. The van der Waals surface area contributed by atoms with Crippen LogP contribution in [0, 0.1) is 0 Å². The molecule has 0 bridgehead atoms. The van der Waals surface area contributed by atoms with Crippen molar-refractivity contribution in [3.05, 3.63) is 53.6 Å². The second-order valence-electron chi connectivity index (χ2n) is 6.84. The Morgan fingerprint density at radius 1 is 1.21 bits per heavy atom. The third kappa shape index (κ3) is 4.35. The van der Waals surface area contributed by atoms with E-state index in [9.17, 15) is 4.79 Å². The predicted molar refractivity (Wildman–Crippen MR) is 99.6 cm³/mol. The Balaban J connectivity index is 1.58. The SMILES string of the molecule is CC(=O)N1CCCC[C@@H]1C1=CCCN(C/C=C/c2ccccc2)C1.